The van der Waals surface area contributed by atoms with Crippen molar-refractivity contribution in [3.63, 3.8) is 0 Å². The van der Waals surface area contributed by atoms with Gasteiger partial charge in [-0.1, -0.05) is 38.3 Å². The van der Waals surface area contributed by atoms with Crippen LogP contribution in [0.1, 0.15) is 49.8 Å². The van der Waals surface area contributed by atoms with Crippen LogP contribution in [0.25, 0.3) is 0 Å². The average Bonchev–Trinajstić information content (AvgIpc) is 2.53. The summed E-state index contributed by atoms with van der Waals surface area (Å²) in [6.07, 6.45) is 5.07. The fourth-order valence-corrected chi connectivity index (χ4v) is 2.92. The van der Waals surface area contributed by atoms with Gasteiger partial charge in [-0.2, -0.15) is 5.26 Å². The maximum atomic E-state index is 8.92. The number of unbranched alkanes of at least 4 members (excludes halogenated alkanes) is 2. The maximum absolute atomic E-state index is 8.92. The summed E-state index contributed by atoms with van der Waals surface area (Å²) >= 11 is 0. The van der Waals surface area contributed by atoms with Gasteiger partial charge in [0, 0.05) is 32.2 Å². The number of nitrogens with zero attached hydrogens (tertiary/aromatic N) is 2. The van der Waals surface area contributed by atoms with E-state index in [-0.39, 0.29) is 0 Å². The van der Waals surface area contributed by atoms with Crippen LogP contribution >= 0.6 is 0 Å². The molecule has 3 heteroatoms. The van der Waals surface area contributed by atoms with Gasteiger partial charge in [-0.05, 0) is 24.1 Å². The molecular formula is C17H25N3. The van der Waals surface area contributed by atoms with Crippen LogP contribution in [-0.2, 0) is 0 Å². The highest BCUT2D eigenvalue weighted by Gasteiger charge is 2.21. The Hall–Kier alpha value is -1.37. The molecule has 1 N–H and O–H groups in total. The van der Waals surface area contributed by atoms with Crippen LogP contribution in [0, 0.1) is 11.3 Å². The van der Waals surface area contributed by atoms with Crippen LogP contribution in [0.5, 0.6) is 0 Å². The number of rotatable bonds is 6. The molecule has 1 aromatic rings. The maximum Gasteiger partial charge on any atom is 0.0991 e. The minimum atomic E-state index is 0.511. The molecule has 2 rings (SSSR count). The average molecular weight is 271 g/mol. The lowest BCUT2D eigenvalue weighted by Crippen LogP contribution is -2.45. The predicted octanol–water partition coefficient (Wildman–Crippen LogP) is 3.08. The lowest BCUT2D eigenvalue weighted by Gasteiger charge is -2.35. The van der Waals surface area contributed by atoms with Gasteiger partial charge in [0.2, 0.25) is 0 Å². The molecule has 0 radical (unpaired) electrons. The fraction of sp³-hybridized carbons (Fsp3) is 0.588. The third kappa shape index (κ3) is 4.06. The molecule has 0 aromatic heterocycles. The Morgan fingerprint density at radius 3 is 2.50 bits per heavy atom. The summed E-state index contributed by atoms with van der Waals surface area (Å²) in [6, 6.07) is 10.9. The first kappa shape index (κ1) is 15.0. The van der Waals surface area contributed by atoms with E-state index in [9.17, 15) is 0 Å². The molecule has 20 heavy (non-hydrogen) atoms. The molecule has 3 nitrogen and oxygen atoms in total. The Bertz CT molecular complexity index is 427. The topological polar surface area (TPSA) is 39.1 Å². The smallest absolute Gasteiger partial charge is 0.0991 e. The highest BCUT2D eigenvalue weighted by Crippen LogP contribution is 2.27. The molecule has 1 atom stereocenters. The summed E-state index contributed by atoms with van der Waals surface area (Å²) in [4.78, 5) is 2.59. The quantitative estimate of drug-likeness (QED) is 0.808. The zero-order valence-corrected chi connectivity index (χ0v) is 12.4. The van der Waals surface area contributed by atoms with Gasteiger partial charge in [0.05, 0.1) is 11.6 Å². The van der Waals surface area contributed by atoms with Crippen LogP contribution in [0.15, 0.2) is 24.3 Å². The van der Waals surface area contributed by atoms with Crippen molar-refractivity contribution in [3.05, 3.63) is 35.4 Å². The number of benzene rings is 1. The van der Waals surface area contributed by atoms with E-state index in [1.54, 1.807) is 0 Å². The number of hydrogen-bond acceptors (Lipinski definition) is 3. The summed E-state index contributed by atoms with van der Waals surface area (Å²) in [5, 5.41) is 12.3. The van der Waals surface area contributed by atoms with Crippen LogP contribution in [0.4, 0.5) is 0 Å². The Kier molecular flexibility index (Phi) is 6.04. The van der Waals surface area contributed by atoms with E-state index in [1.165, 1.54) is 31.2 Å². The summed E-state index contributed by atoms with van der Waals surface area (Å²) in [5.74, 6) is 0. The molecule has 0 aliphatic carbocycles. The Morgan fingerprint density at radius 2 is 1.90 bits per heavy atom. The molecule has 0 amide bonds. The zero-order chi connectivity index (χ0) is 14.2. The lowest BCUT2D eigenvalue weighted by molar-refractivity contribution is 0.162. The zero-order valence-electron chi connectivity index (χ0n) is 12.4. The van der Waals surface area contributed by atoms with Gasteiger partial charge < -0.3 is 5.32 Å². The molecule has 1 heterocycles. The molecule has 0 unspecified atom stereocenters. The first-order valence-corrected chi connectivity index (χ1v) is 7.80. The van der Waals surface area contributed by atoms with Crippen molar-refractivity contribution in [1.29, 1.82) is 5.26 Å². The van der Waals surface area contributed by atoms with Crippen molar-refractivity contribution in [2.75, 3.05) is 26.2 Å². The van der Waals surface area contributed by atoms with Crippen LogP contribution in [-0.4, -0.2) is 31.1 Å². The largest absolute Gasteiger partial charge is 0.314 e. The lowest BCUT2D eigenvalue weighted by atomic mass is 9.97. The Morgan fingerprint density at radius 1 is 1.20 bits per heavy atom. The van der Waals surface area contributed by atoms with Crippen molar-refractivity contribution in [2.24, 2.45) is 0 Å². The van der Waals surface area contributed by atoms with Crippen molar-refractivity contribution >= 4 is 0 Å². The summed E-state index contributed by atoms with van der Waals surface area (Å²) in [6.45, 7) is 6.66. The standard InChI is InChI=1S/C17H25N3/c1-2-3-4-5-17(20-12-10-19-11-13-20)16-8-6-15(14-18)7-9-16/h6-9,17,19H,2-5,10-13H2,1H3/t17-/m1/s1. The molecule has 0 spiro atoms. The van der Waals surface area contributed by atoms with E-state index in [4.69, 9.17) is 5.26 Å². The van der Waals surface area contributed by atoms with Crippen molar-refractivity contribution < 1.29 is 0 Å². The van der Waals surface area contributed by atoms with Gasteiger partial charge in [-0.25, -0.2) is 0 Å². The van der Waals surface area contributed by atoms with E-state index < -0.39 is 0 Å². The molecule has 1 saturated heterocycles. The predicted molar refractivity (Wildman–Crippen MR) is 82.5 cm³/mol. The number of nitrogens with one attached hydrogen (secondary N) is 1. The molecule has 0 bridgehead atoms. The molecule has 1 aromatic carbocycles. The van der Waals surface area contributed by atoms with E-state index in [0.717, 1.165) is 31.7 Å². The monoisotopic (exact) mass is 271 g/mol. The molecule has 108 valence electrons. The van der Waals surface area contributed by atoms with Crippen LogP contribution < -0.4 is 5.32 Å². The Labute approximate surface area is 122 Å². The summed E-state index contributed by atoms with van der Waals surface area (Å²) in [7, 11) is 0. The fourth-order valence-electron chi connectivity index (χ4n) is 2.92. The number of nitriles is 1. The first-order chi connectivity index (χ1) is 9.85. The highest BCUT2D eigenvalue weighted by atomic mass is 15.2. The van der Waals surface area contributed by atoms with Gasteiger partial charge >= 0.3 is 0 Å². The molecule has 0 saturated carbocycles. The molecule has 1 fully saturated rings. The normalized spacial score (nSPS) is 17.6. The second kappa shape index (κ2) is 8.04. The van der Waals surface area contributed by atoms with Gasteiger partial charge in [-0.3, -0.25) is 4.90 Å². The second-order valence-electron chi connectivity index (χ2n) is 5.53. The Balaban J connectivity index is 2.08. The van der Waals surface area contributed by atoms with Gasteiger partial charge in [0.1, 0.15) is 0 Å². The van der Waals surface area contributed by atoms with Crippen LogP contribution in [0.3, 0.4) is 0 Å². The second-order valence-corrected chi connectivity index (χ2v) is 5.53. The molecule has 1 aliphatic heterocycles. The van der Waals surface area contributed by atoms with Gasteiger partial charge in [-0.15, -0.1) is 0 Å². The molecule has 1 aliphatic rings. The van der Waals surface area contributed by atoms with Crippen molar-refractivity contribution in [2.45, 2.75) is 38.6 Å². The first-order valence-electron chi connectivity index (χ1n) is 7.80. The number of piperazine rings is 1. The van der Waals surface area contributed by atoms with E-state index >= 15 is 0 Å². The minimum Gasteiger partial charge on any atom is -0.314 e. The van der Waals surface area contributed by atoms with E-state index in [0.29, 0.717) is 6.04 Å². The van der Waals surface area contributed by atoms with E-state index in [1.807, 2.05) is 12.1 Å². The van der Waals surface area contributed by atoms with Crippen LogP contribution in [0.2, 0.25) is 0 Å². The highest BCUT2D eigenvalue weighted by molar-refractivity contribution is 5.33. The minimum absolute atomic E-state index is 0.511. The number of hydrogen-bond donors (Lipinski definition) is 1. The van der Waals surface area contributed by atoms with Gasteiger partial charge in [0.15, 0.2) is 0 Å². The summed E-state index contributed by atoms with van der Waals surface area (Å²) < 4.78 is 0. The SMILES string of the molecule is CCCCC[C@H](c1ccc(C#N)cc1)N1CCNCC1. The molecular weight excluding hydrogens is 246 g/mol. The third-order valence-electron chi connectivity index (χ3n) is 4.10. The third-order valence-corrected chi connectivity index (χ3v) is 4.10. The van der Waals surface area contributed by atoms with Crippen molar-refractivity contribution in [1.82, 2.24) is 10.2 Å². The summed E-state index contributed by atoms with van der Waals surface area (Å²) in [5.41, 5.74) is 2.11. The van der Waals surface area contributed by atoms with E-state index in [2.05, 4.69) is 35.3 Å². The van der Waals surface area contributed by atoms with Gasteiger partial charge in [0.25, 0.3) is 0 Å². The van der Waals surface area contributed by atoms with Crippen molar-refractivity contribution in [3.8, 4) is 6.07 Å².